The number of esters is 2. The van der Waals surface area contributed by atoms with Gasteiger partial charge in [0.1, 0.15) is 15.1 Å². The minimum Gasteiger partial charge on any atom is -0.393 e. The summed E-state index contributed by atoms with van der Waals surface area (Å²) in [6.45, 7) is 8.28. The predicted molar refractivity (Wildman–Crippen MR) is 357 cm³/mol. The zero-order valence-corrected chi connectivity index (χ0v) is 58.8. The molecule has 10 atom stereocenters. The van der Waals surface area contributed by atoms with Crippen molar-refractivity contribution in [2.24, 2.45) is 11.5 Å². The van der Waals surface area contributed by atoms with Gasteiger partial charge in [0.25, 0.3) is 0 Å². The van der Waals surface area contributed by atoms with Gasteiger partial charge in [0.15, 0.2) is 0 Å². The zero-order valence-electron chi connectivity index (χ0n) is 43.2. The van der Waals surface area contributed by atoms with Crippen molar-refractivity contribution in [1.29, 1.82) is 0 Å². The average Bonchev–Trinajstić information content (AvgIpc) is 4.09. The van der Waals surface area contributed by atoms with E-state index in [0.717, 1.165) is 65.0 Å². The zero-order chi connectivity index (χ0) is 56.3. The first-order chi connectivity index (χ1) is 35.6. The molecule has 0 aromatic rings. The smallest absolute Gasteiger partial charge is 0.320 e. The Morgan fingerprint density at radius 3 is 1.20 bits per heavy atom. The monoisotopic (exact) mass is 1710 g/mol. The number of nitrogens with zero attached hydrogens (tertiary/aromatic N) is 5. The number of amides is 8. The molecule has 0 aliphatic carbocycles. The van der Waals surface area contributed by atoms with E-state index in [-0.39, 0.29) is 114 Å². The Bertz CT molecular complexity index is 1940. The number of nitrogens with one attached hydrogen (secondary N) is 2. The third-order valence-corrected chi connectivity index (χ3v) is 24.3. The van der Waals surface area contributed by atoms with E-state index in [1.807, 2.05) is 36.6 Å². The first kappa shape index (κ1) is 75.6. The largest absolute Gasteiger partial charge is 0.393 e. The van der Waals surface area contributed by atoms with Gasteiger partial charge in [0, 0.05) is 64.7 Å². The molecule has 5 heterocycles. The van der Waals surface area contributed by atoms with Gasteiger partial charge in [-0.15, -0.1) is 25.4 Å². The van der Waals surface area contributed by atoms with E-state index in [1.54, 1.807) is 0 Å². The van der Waals surface area contributed by atoms with Crippen molar-refractivity contribution >= 4 is 236 Å². The van der Waals surface area contributed by atoms with Gasteiger partial charge in [-0.2, -0.15) is 67.1 Å². The fraction of sp³-hybridized carbons (Fsp3) is 0.732. The van der Waals surface area contributed by atoms with Gasteiger partial charge in [0.05, 0.1) is 61.9 Å². The summed E-state index contributed by atoms with van der Waals surface area (Å²) in [5.41, 5.74) is 7.42. The molecule has 0 aromatic carbocycles. The molecule has 10 unspecified atom stereocenters. The highest BCUT2D eigenvalue weighted by molar-refractivity contribution is 14.2. The van der Waals surface area contributed by atoms with Crippen molar-refractivity contribution in [1.82, 2.24) is 30.2 Å². The second-order valence-electron chi connectivity index (χ2n) is 18.1. The lowest BCUT2D eigenvalue weighted by Gasteiger charge is -2.31. The van der Waals surface area contributed by atoms with Crippen molar-refractivity contribution < 1.29 is 57.2 Å². The second kappa shape index (κ2) is 41.6. The van der Waals surface area contributed by atoms with Gasteiger partial charge >= 0.3 is 11.9 Å². The predicted octanol–water partition coefficient (Wildman–Crippen LogP) is 3.04. The minimum absolute atomic E-state index is 0. The lowest BCUT2D eigenvalue weighted by molar-refractivity contribution is -0.890. The molecule has 35 heteroatoms. The van der Waals surface area contributed by atoms with Crippen LogP contribution in [-0.2, 0) is 52.7 Å². The van der Waals surface area contributed by atoms with Crippen LogP contribution < -0.4 is 22.1 Å². The van der Waals surface area contributed by atoms with E-state index in [1.165, 1.54) is 19.6 Å². The maximum Gasteiger partial charge on any atom is 0.320 e. The Kier molecular flexibility index (Phi) is 41.4. The topological polar surface area (TPSA) is 269 Å². The Balaban J connectivity index is 0.000000563. The van der Waals surface area contributed by atoms with Crippen LogP contribution in [0.1, 0.15) is 70.6 Å². The Morgan fingerprint density at radius 2 is 0.882 bits per heavy atom. The van der Waals surface area contributed by atoms with Crippen LogP contribution in [0.2, 0.25) is 0 Å². The summed E-state index contributed by atoms with van der Waals surface area (Å²) in [4.78, 5) is 129. The molecule has 8 amide bonds. The fourth-order valence-corrected chi connectivity index (χ4v) is 18.0. The Morgan fingerprint density at radius 1 is 0.553 bits per heavy atom. The van der Waals surface area contributed by atoms with Gasteiger partial charge in [-0.05, 0) is 65.0 Å². The molecule has 0 bridgehead atoms. The molecule has 0 saturated carbocycles. The van der Waals surface area contributed by atoms with Crippen LogP contribution in [0.5, 0.6) is 0 Å². The first-order valence-corrected chi connectivity index (χ1v) is 40.0. The van der Waals surface area contributed by atoms with Crippen LogP contribution in [0.4, 0.5) is 0 Å². The van der Waals surface area contributed by atoms with E-state index in [0.29, 0.717) is 94.8 Å². The number of rotatable bonds is 30. The lowest BCUT2D eigenvalue weighted by Crippen LogP contribution is -2.44. The molecular formula is C41H69B5I5N9O11P5. The summed E-state index contributed by atoms with van der Waals surface area (Å²) in [6, 6.07) is 0. The van der Waals surface area contributed by atoms with E-state index in [4.69, 9.17) is 26.6 Å². The van der Waals surface area contributed by atoms with Gasteiger partial charge in [-0.1, -0.05) is 55.0 Å². The molecule has 5 rings (SSSR count). The molecule has 20 nitrogen and oxygen atoms in total. The number of ether oxygens (including phenoxy) is 1. The lowest BCUT2D eigenvalue weighted by atomic mass is 10.3. The third-order valence-electron chi connectivity index (χ3n) is 12.1. The summed E-state index contributed by atoms with van der Waals surface area (Å²) in [5.74, 6) is -1.52. The van der Waals surface area contributed by atoms with Crippen LogP contribution in [0, 0.1) is 7.43 Å². The molecule has 0 aromatic heterocycles. The van der Waals surface area contributed by atoms with Crippen molar-refractivity contribution in [3.63, 3.8) is 0 Å². The molecule has 5 saturated heterocycles. The SMILES string of the molecule is NCCCNCCCN.O=C1CC(P[B]I)C(=O)O1.[B]P(I)C1CC(=O)N(CCCNCCCN2C(=O)CC(P[B]I)C2=O)C1=O.[B]P(I)C1CC(=O)N(CCC[N+](C)(C)CCCN2C(=O)CC(P[B]I)C2=O)C1=O.[CH3-]. The number of hydrogen-bond acceptors (Lipinski definition) is 15. The number of carbonyl (C=O) groups excluding carboxylic acids is 10. The van der Waals surface area contributed by atoms with E-state index >= 15 is 0 Å². The first-order valence-electron chi connectivity index (χ1n) is 24.3. The van der Waals surface area contributed by atoms with E-state index in [9.17, 15) is 47.9 Å². The van der Waals surface area contributed by atoms with Crippen molar-refractivity contribution in [3.8, 4) is 0 Å². The quantitative estimate of drug-likeness (QED) is 0.00927. The highest BCUT2D eigenvalue weighted by atomic mass is 127. The standard InChI is InChI=1S/C16H25B2I2N3O4P2.C14H20B2I2N3O4P2.C6H17N3.C4H4BIO3P.CH3/c1-23(2,7-3-5-21-13(24)9-11(15(21)26)28-18-19)8-4-6-22-14(25)10-12(16(22)27)29(17)20;15-27(18)10-8-12(23)21(14(10)25)6-2-4-19-3-1-5-20-11(22)7-9(13(20)24)26-16-17;7-3-1-5-9-6-2-4-8;6-5-10-2-1-3(7)9-4(2)8;/h11-12,28H,3-10H2,1-2H3;9-10,19,26H,1-8H2;9H,1-8H2;2,10H,1H2;1H3/q+1;;;;-1. The number of likely N-dealkylation sites (tertiary alicyclic amines) is 4. The number of nitrogens with two attached hydrogens (primary N) is 2. The molecule has 419 valence electrons. The normalized spacial score (nSPS) is 22.7. The third kappa shape index (κ3) is 27.1. The number of halogens is 5. The van der Waals surface area contributed by atoms with Crippen LogP contribution in [0.3, 0.4) is 0 Å². The number of hydrogen-bond donors (Lipinski definition) is 4. The average molecular weight is 1710 g/mol. The fourth-order valence-electron chi connectivity index (χ4n) is 7.97. The molecule has 5 aliphatic rings. The Labute approximate surface area is 528 Å². The van der Waals surface area contributed by atoms with Crippen molar-refractivity contribution in [2.75, 3.05) is 92.6 Å². The summed E-state index contributed by atoms with van der Waals surface area (Å²) in [7, 11) is 17.0. The summed E-state index contributed by atoms with van der Waals surface area (Å²) < 4.78 is 5.04. The minimum atomic E-state index is -0.965. The molecular weight excluding hydrogens is 1640 g/mol. The van der Waals surface area contributed by atoms with E-state index < -0.39 is 10.9 Å². The van der Waals surface area contributed by atoms with Crippen LogP contribution in [0.25, 0.3) is 0 Å². The van der Waals surface area contributed by atoms with Crippen LogP contribution >= 0.6 is 147 Å². The molecule has 5 fully saturated rings. The highest BCUT2D eigenvalue weighted by Crippen LogP contribution is 2.50. The number of cyclic esters (lactones) is 2. The number of carbonyl (C=O) groups is 10. The molecule has 76 heavy (non-hydrogen) atoms. The number of quaternary nitrogens is 1. The summed E-state index contributed by atoms with van der Waals surface area (Å²) in [5, 5.41) is 6.46. The maximum atomic E-state index is 12.3. The maximum absolute atomic E-state index is 12.3. The molecule has 5 aliphatic heterocycles. The van der Waals surface area contributed by atoms with Crippen LogP contribution in [-0.4, -0.2) is 234 Å². The van der Waals surface area contributed by atoms with Gasteiger partial charge in [-0.25, -0.2) is 0 Å². The second-order valence-corrected chi connectivity index (χ2v) is 36.8. The van der Waals surface area contributed by atoms with Crippen LogP contribution in [0.15, 0.2) is 0 Å². The van der Waals surface area contributed by atoms with Gasteiger partial charge < -0.3 is 38.7 Å². The summed E-state index contributed by atoms with van der Waals surface area (Å²) in [6.07, 6.45) is 6.32. The molecule has 0 spiro atoms. The molecule has 7 radical (unpaired) electrons. The molecule has 6 N–H and O–H groups in total. The van der Waals surface area contributed by atoms with Gasteiger partial charge in [-0.3, -0.25) is 67.5 Å². The Hall–Kier alpha value is 1.62. The van der Waals surface area contributed by atoms with Gasteiger partial charge in [0.2, 0.25) is 61.8 Å². The highest BCUT2D eigenvalue weighted by Gasteiger charge is 2.42. The summed E-state index contributed by atoms with van der Waals surface area (Å²) >= 11 is 10.4. The van der Waals surface area contributed by atoms with Crippen molar-refractivity contribution in [2.45, 2.75) is 98.9 Å². The van der Waals surface area contributed by atoms with E-state index in [2.05, 4.69) is 119 Å². The van der Waals surface area contributed by atoms with Crippen molar-refractivity contribution in [3.05, 3.63) is 7.43 Å². The number of imide groups is 4.